The van der Waals surface area contributed by atoms with Crippen molar-refractivity contribution in [1.82, 2.24) is 29.5 Å². The molecule has 0 spiro atoms. The number of nitrogens with zero attached hydrogens (tertiary/aromatic N) is 6. The molecule has 5 rings (SSSR count). The zero-order chi connectivity index (χ0) is 20.5. The van der Waals surface area contributed by atoms with Gasteiger partial charge in [-0.25, -0.2) is 19.3 Å². The molecule has 0 amide bonds. The summed E-state index contributed by atoms with van der Waals surface area (Å²) in [6.07, 6.45) is 1.56. The topological polar surface area (TPSA) is 61.4 Å². The Balaban J connectivity index is 1.68. The second kappa shape index (κ2) is 7.40. The van der Waals surface area contributed by atoms with Crippen LogP contribution in [0.2, 0.25) is 0 Å². The molecule has 0 bridgehead atoms. The lowest BCUT2D eigenvalue weighted by molar-refractivity contribution is 0.784. The molecule has 6 nitrogen and oxygen atoms in total. The zero-order valence-corrected chi connectivity index (χ0v) is 16.8. The molecule has 0 radical (unpaired) electrons. The summed E-state index contributed by atoms with van der Waals surface area (Å²) < 4.78 is 3.69. The maximum Gasteiger partial charge on any atom is 0.159 e. The minimum atomic E-state index is 0.689. The number of rotatable bonds is 4. The summed E-state index contributed by atoms with van der Waals surface area (Å²) in [5.41, 5.74) is 5.95. The maximum absolute atomic E-state index is 4.89. The Morgan fingerprint density at radius 3 is 1.90 bits per heavy atom. The van der Waals surface area contributed by atoms with E-state index in [1.165, 1.54) is 0 Å². The van der Waals surface area contributed by atoms with Crippen LogP contribution >= 0.6 is 0 Å². The van der Waals surface area contributed by atoms with Gasteiger partial charge in [-0.2, -0.15) is 10.2 Å². The molecular weight excluding hydrogens is 372 g/mol. The third-order valence-electron chi connectivity index (χ3n) is 4.93. The lowest BCUT2D eigenvalue weighted by atomic mass is 10.1. The molecule has 3 heterocycles. The summed E-state index contributed by atoms with van der Waals surface area (Å²) in [6.45, 7) is 3.98. The van der Waals surface area contributed by atoms with E-state index in [4.69, 9.17) is 5.10 Å². The average Bonchev–Trinajstić information content (AvgIpc) is 3.38. The lowest BCUT2D eigenvalue weighted by Crippen LogP contribution is -2.07. The van der Waals surface area contributed by atoms with Gasteiger partial charge in [0.05, 0.1) is 17.1 Å². The van der Waals surface area contributed by atoms with Crippen LogP contribution in [0.1, 0.15) is 11.4 Å². The fourth-order valence-electron chi connectivity index (χ4n) is 3.55. The number of benzene rings is 2. The van der Waals surface area contributed by atoms with Gasteiger partial charge >= 0.3 is 0 Å². The summed E-state index contributed by atoms with van der Waals surface area (Å²) >= 11 is 0. The first-order valence-corrected chi connectivity index (χ1v) is 9.76. The van der Waals surface area contributed by atoms with E-state index in [-0.39, 0.29) is 0 Å². The molecule has 6 heteroatoms. The highest BCUT2D eigenvalue weighted by Gasteiger charge is 2.15. The van der Waals surface area contributed by atoms with Crippen LogP contribution < -0.4 is 0 Å². The average molecular weight is 392 g/mol. The van der Waals surface area contributed by atoms with E-state index in [0.717, 1.165) is 33.9 Å². The molecule has 0 fully saturated rings. The Labute approximate surface area is 174 Å². The second-order valence-corrected chi connectivity index (χ2v) is 7.13. The SMILES string of the molecule is Cc1cc(C)n(-c2cc(-n3nc(-c4ccccc4)cc3-c3ccccc3)ncn2)n1. The molecule has 0 saturated heterocycles. The monoisotopic (exact) mass is 392 g/mol. The first kappa shape index (κ1) is 18.0. The first-order chi connectivity index (χ1) is 14.7. The van der Waals surface area contributed by atoms with Crippen molar-refractivity contribution in [3.05, 3.63) is 96.6 Å². The van der Waals surface area contributed by atoms with Crippen molar-refractivity contribution in [3.63, 3.8) is 0 Å². The van der Waals surface area contributed by atoms with Gasteiger partial charge in [0, 0.05) is 22.9 Å². The van der Waals surface area contributed by atoms with Crippen LogP contribution in [0.3, 0.4) is 0 Å². The summed E-state index contributed by atoms with van der Waals surface area (Å²) in [5, 5.41) is 9.43. The van der Waals surface area contributed by atoms with Gasteiger partial charge in [-0.3, -0.25) is 0 Å². The van der Waals surface area contributed by atoms with Gasteiger partial charge < -0.3 is 0 Å². The van der Waals surface area contributed by atoms with E-state index in [2.05, 4.69) is 45.4 Å². The lowest BCUT2D eigenvalue weighted by Gasteiger charge is -2.09. The van der Waals surface area contributed by atoms with Crippen molar-refractivity contribution in [2.75, 3.05) is 0 Å². The van der Waals surface area contributed by atoms with Crippen molar-refractivity contribution < 1.29 is 0 Å². The van der Waals surface area contributed by atoms with Gasteiger partial charge in [-0.1, -0.05) is 60.7 Å². The smallest absolute Gasteiger partial charge is 0.159 e. The van der Waals surface area contributed by atoms with Crippen molar-refractivity contribution in [2.24, 2.45) is 0 Å². The van der Waals surface area contributed by atoms with Crippen molar-refractivity contribution in [2.45, 2.75) is 13.8 Å². The Bertz CT molecular complexity index is 1300. The zero-order valence-electron chi connectivity index (χ0n) is 16.8. The van der Waals surface area contributed by atoms with Crippen LogP contribution in [0.25, 0.3) is 34.2 Å². The summed E-state index contributed by atoms with van der Waals surface area (Å²) in [5.74, 6) is 1.40. The van der Waals surface area contributed by atoms with E-state index in [1.54, 1.807) is 6.33 Å². The second-order valence-electron chi connectivity index (χ2n) is 7.13. The molecule has 0 aliphatic heterocycles. The van der Waals surface area contributed by atoms with Crippen LogP contribution in [0.5, 0.6) is 0 Å². The number of aryl methyl sites for hydroxylation is 2. The van der Waals surface area contributed by atoms with E-state index >= 15 is 0 Å². The highest BCUT2D eigenvalue weighted by Crippen LogP contribution is 2.28. The summed E-state index contributed by atoms with van der Waals surface area (Å²) in [6, 6.07) is 26.4. The molecule has 0 atom stereocenters. The van der Waals surface area contributed by atoms with Crippen LogP contribution in [0.15, 0.2) is 85.2 Å². The molecule has 0 unspecified atom stereocenters. The van der Waals surface area contributed by atoms with E-state index < -0.39 is 0 Å². The van der Waals surface area contributed by atoms with Gasteiger partial charge in [0.2, 0.25) is 0 Å². The van der Waals surface area contributed by atoms with E-state index in [9.17, 15) is 0 Å². The molecule has 0 saturated carbocycles. The minimum absolute atomic E-state index is 0.689. The predicted molar refractivity (Wildman–Crippen MR) is 117 cm³/mol. The largest absolute Gasteiger partial charge is 0.219 e. The van der Waals surface area contributed by atoms with E-state index in [0.29, 0.717) is 11.6 Å². The normalized spacial score (nSPS) is 11.0. The van der Waals surface area contributed by atoms with Gasteiger partial charge in [-0.15, -0.1) is 0 Å². The summed E-state index contributed by atoms with van der Waals surface area (Å²) in [7, 11) is 0. The first-order valence-electron chi connectivity index (χ1n) is 9.76. The van der Waals surface area contributed by atoms with Crippen LogP contribution in [0, 0.1) is 13.8 Å². The van der Waals surface area contributed by atoms with Crippen molar-refractivity contribution in [1.29, 1.82) is 0 Å². The Kier molecular flexibility index (Phi) is 4.44. The van der Waals surface area contributed by atoms with Crippen LogP contribution in [0.4, 0.5) is 0 Å². The molecular formula is C24H20N6. The van der Waals surface area contributed by atoms with Crippen LogP contribution in [-0.2, 0) is 0 Å². The Morgan fingerprint density at radius 1 is 0.633 bits per heavy atom. The quantitative estimate of drug-likeness (QED) is 0.441. The predicted octanol–water partition coefficient (Wildman–Crippen LogP) is 4.80. The van der Waals surface area contributed by atoms with Gasteiger partial charge in [0.1, 0.15) is 6.33 Å². The highest BCUT2D eigenvalue weighted by molar-refractivity contribution is 5.70. The maximum atomic E-state index is 4.89. The molecule has 2 aromatic carbocycles. The molecule has 0 N–H and O–H groups in total. The third-order valence-corrected chi connectivity index (χ3v) is 4.93. The van der Waals surface area contributed by atoms with Gasteiger partial charge in [0.25, 0.3) is 0 Å². The minimum Gasteiger partial charge on any atom is -0.219 e. The number of hydrogen-bond acceptors (Lipinski definition) is 4. The fourth-order valence-corrected chi connectivity index (χ4v) is 3.55. The van der Waals surface area contributed by atoms with Crippen LogP contribution in [-0.4, -0.2) is 29.5 Å². The Morgan fingerprint density at radius 2 is 1.27 bits per heavy atom. The number of hydrogen-bond donors (Lipinski definition) is 0. The Hall–Kier alpha value is -4.06. The molecule has 30 heavy (non-hydrogen) atoms. The van der Waals surface area contributed by atoms with Crippen molar-refractivity contribution >= 4 is 0 Å². The van der Waals surface area contributed by atoms with Crippen molar-refractivity contribution in [3.8, 4) is 34.2 Å². The van der Waals surface area contributed by atoms with E-state index in [1.807, 2.05) is 71.7 Å². The standard InChI is InChI=1S/C24H20N6/c1-17-13-18(2)29(27-17)23-15-24(26-16-25-23)30-22(20-11-7-4-8-12-20)14-21(28-30)19-9-5-3-6-10-19/h3-16H,1-2H3. The van der Waals surface area contributed by atoms with Gasteiger partial charge in [0.15, 0.2) is 11.6 Å². The fraction of sp³-hybridized carbons (Fsp3) is 0.0833. The molecule has 146 valence electrons. The molecule has 3 aromatic heterocycles. The molecule has 5 aromatic rings. The molecule has 0 aliphatic rings. The molecule has 0 aliphatic carbocycles. The number of aromatic nitrogens is 6. The highest BCUT2D eigenvalue weighted by atomic mass is 15.3. The summed E-state index contributed by atoms with van der Waals surface area (Å²) in [4.78, 5) is 8.94. The third kappa shape index (κ3) is 3.28. The van der Waals surface area contributed by atoms with Gasteiger partial charge in [-0.05, 0) is 26.0 Å².